The van der Waals surface area contributed by atoms with Gasteiger partial charge in [0.1, 0.15) is 0 Å². The first-order valence-corrected chi connectivity index (χ1v) is 6.39. The Balaban J connectivity index is 2.31. The summed E-state index contributed by atoms with van der Waals surface area (Å²) in [6.07, 6.45) is 1.15. The first-order chi connectivity index (χ1) is 8.65. The standard InChI is InChI=1S/C15H20N2O/c1-4-11(2)12-5-7-13(8-6-12)15-9-14(10-18)16-17(15)3/h5-9,11,18H,4,10H2,1-3H3. The van der Waals surface area contributed by atoms with Crippen molar-refractivity contribution in [2.75, 3.05) is 0 Å². The van der Waals surface area contributed by atoms with Crippen LogP contribution >= 0.6 is 0 Å². The SMILES string of the molecule is CCC(C)c1ccc(-c2cc(CO)nn2C)cc1. The molecule has 0 fully saturated rings. The number of benzene rings is 1. The van der Waals surface area contributed by atoms with E-state index < -0.39 is 0 Å². The van der Waals surface area contributed by atoms with Crippen molar-refractivity contribution in [3.8, 4) is 11.3 Å². The second kappa shape index (κ2) is 5.36. The first kappa shape index (κ1) is 12.8. The minimum absolute atomic E-state index is 0.0151. The summed E-state index contributed by atoms with van der Waals surface area (Å²) in [5.41, 5.74) is 4.25. The van der Waals surface area contributed by atoms with Gasteiger partial charge >= 0.3 is 0 Å². The third-order valence-electron chi connectivity index (χ3n) is 3.48. The summed E-state index contributed by atoms with van der Waals surface area (Å²) in [7, 11) is 1.90. The lowest BCUT2D eigenvalue weighted by Crippen LogP contribution is -1.95. The average molecular weight is 244 g/mol. The molecular formula is C15H20N2O. The minimum Gasteiger partial charge on any atom is -0.390 e. The fraction of sp³-hybridized carbons (Fsp3) is 0.400. The van der Waals surface area contributed by atoms with Crippen molar-refractivity contribution < 1.29 is 5.11 Å². The zero-order valence-corrected chi connectivity index (χ0v) is 11.2. The number of rotatable bonds is 4. The second-order valence-corrected chi connectivity index (χ2v) is 4.73. The van der Waals surface area contributed by atoms with Crippen LogP contribution in [0.2, 0.25) is 0 Å². The van der Waals surface area contributed by atoms with Gasteiger partial charge in [0.05, 0.1) is 18.0 Å². The monoisotopic (exact) mass is 244 g/mol. The van der Waals surface area contributed by atoms with Crippen molar-refractivity contribution in [3.63, 3.8) is 0 Å². The fourth-order valence-corrected chi connectivity index (χ4v) is 2.09. The van der Waals surface area contributed by atoms with Crippen molar-refractivity contribution >= 4 is 0 Å². The Labute approximate surface area is 108 Å². The molecule has 2 rings (SSSR count). The molecule has 3 nitrogen and oxygen atoms in total. The molecule has 18 heavy (non-hydrogen) atoms. The highest BCUT2D eigenvalue weighted by Gasteiger charge is 2.08. The highest BCUT2D eigenvalue weighted by Crippen LogP contribution is 2.24. The van der Waals surface area contributed by atoms with Gasteiger partial charge in [-0.3, -0.25) is 4.68 Å². The molecular weight excluding hydrogens is 224 g/mol. The van der Waals surface area contributed by atoms with Gasteiger partial charge in [-0.25, -0.2) is 0 Å². The van der Waals surface area contributed by atoms with Crippen molar-refractivity contribution in [2.24, 2.45) is 7.05 Å². The molecule has 0 saturated carbocycles. The topological polar surface area (TPSA) is 38.1 Å². The van der Waals surface area contributed by atoms with E-state index >= 15 is 0 Å². The predicted octanol–water partition coefficient (Wildman–Crippen LogP) is 3.09. The largest absolute Gasteiger partial charge is 0.390 e. The number of aryl methyl sites for hydroxylation is 1. The van der Waals surface area contributed by atoms with E-state index in [0.29, 0.717) is 11.6 Å². The van der Waals surface area contributed by atoms with Crippen LogP contribution in [-0.2, 0) is 13.7 Å². The molecule has 0 spiro atoms. The Morgan fingerprint density at radius 2 is 1.94 bits per heavy atom. The Kier molecular flexibility index (Phi) is 3.82. The number of aliphatic hydroxyl groups is 1. The first-order valence-electron chi connectivity index (χ1n) is 6.39. The van der Waals surface area contributed by atoms with E-state index in [1.807, 2.05) is 17.8 Å². The number of nitrogens with zero attached hydrogens (tertiary/aromatic N) is 2. The van der Waals surface area contributed by atoms with Gasteiger partial charge in [0, 0.05) is 7.05 Å². The molecule has 0 aliphatic rings. The van der Waals surface area contributed by atoms with Crippen LogP contribution in [-0.4, -0.2) is 14.9 Å². The molecule has 2 aromatic rings. The van der Waals surface area contributed by atoms with E-state index in [9.17, 15) is 0 Å². The molecule has 1 heterocycles. The lowest BCUT2D eigenvalue weighted by molar-refractivity contribution is 0.275. The van der Waals surface area contributed by atoms with E-state index in [0.717, 1.165) is 17.7 Å². The van der Waals surface area contributed by atoms with Crippen molar-refractivity contribution in [2.45, 2.75) is 32.8 Å². The van der Waals surface area contributed by atoms with Crippen molar-refractivity contribution in [1.82, 2.24) is 9.78 Å². The fourth-order valence-electron chi connectivity index (χ4n) is 2.09. The predicted molar refractivity (Wildman–Crippen MR) is 73.3 cm³/mol. The van der Waals surface area contributed by atoms with Crippen LogP contribution in [0.5, 0.6) is 0 Å². The molecule has 3 heteroatoms. The van der Waals surface area contributed by atoms with Crippen molar-refractivity contribution in [3.05, 3.63) is 41.6 Å². The van der Waals surface area contributed by atoms with Crippen LogP contribution in [0.25, 0.3) is 11.3 Å². The number of hydrogen-bond acceptors (Lipinski definition) is 2. The molecule has 1 N–H and O–H groups in total. The number of aliphatic hydroxyl groups excluding tert-OH is 1. The van der Waals surface area contributed by atoms with Gasteiger partial charge in [-0.05, 0) is 29.5 Å². The van der Waals surface area contributed by atoms with Crippen molar-refractivity contribution in [1.29, 1.82) is 0 Å². The maximum absolute atomic E-state index is 9.10. The van der Waals surface area contributed by atoms with Gasteiger partial charge in [-0.15, -0.1) is 0 Å². The van der Waals surface area contributed by atoms with E-state index in [4.69, 9.17) is 5.11 Å². The summed E-state index contributed by atoms with van der Waals surface area (Å²) < 4.78 is 1.81. The molecule has 0 saturated heterocycles. The zero-order valence-electron chi connectivity index (χ0n) is 11.2. The van der Waals surface area contributed by atoms with Crippen LogP contribution in [0.4, 0.5) is 0 Å². The number of hydrogen-bond donors (Lipinski definition) is 1. The smallest absolute Gasteiger partial charge is 0.0885 e. The van der Waals surface area contributed by atoms with Crippen LogP contribution in [0.3, 0.4) is 0 Å². The van der Waals surface area contributed by atoms with E-state index in [1.165, 1.54) is 5.56 Å². The Hall–Kier alpha value is -1.61. The third kappa shape index (κ3) is 2.46. The Morgan fingerprint density at radius 1 is 1.28 bits per heavy atom. The third-order valence-corrected chi connectivity index (χ3v) is 3.48. The summed E-state index contributed by atoms with van der Waals surface area (Å²) in [6, 6.07) is 10.5. The molecule has 96 valence electrons. The number of aromatic nitrogens is 2. The highest BCUT2D eigenvalue weighted by atomic mass is 16.3. The summed E-state index contributed by atoms with van der Waals surface area (Å²) in [5.74, 6) is 0.596. The van der Waals surface area contributed by atoms with Gasteiger partial charge < -0.3 is 5.11 Å². The summed E-state index contributed by atoms with van der Waals surface area (Å²) in [6.45, 7) is 4.43. The zero-order chi connectivity index (χ0) is 13.1. The maximum atomic E-state index is 9.10. The molecule has 1 unspecified atom stereocenters. The summed E-state index contributed by atoms with van der Waals surface area (Å²) >= 11 is 0. The summed E-state index contributed by atoms with van der Waals surface area (Å²) in [4.78, 5) is 0. The van der Waals surface area contributed by atoms with Gasteiger partial charge in [0.2, 0.25) is 0 Å². The van der Waals surface area contributed by atoms with Crippen LogP contribution < -0.4 is 0 Å². The van der Waals surface area contributed by atoms with Gasteiger partial charge in [0.25, 0.3) is 0 Å². The lowest BCUT2D eigenvalue weighted by atomic mass is 9.97. The molecule has 1 aromatic carbocycles. The quantitative estimate of drug-likeness (QED) is 0.897. The lowest BCUT2D eigenvalue weighted by Gasteiger charge is -2.09. The average Bonchev–Trinajstić information content (AvgIpc) is 2.79. The maximum Gasteiger partial charge on any atom is 0.0885 e. The Bertz CT molecular complexity index is 514. The highest BCUT2D eigenvalue weighted by molar-refractivity contribution is 5.60. The van der Waals surface area contributed by atoms with E-state index in [-0.39, 0.29) is 6.61 Å². The molecule has 0 aliphatic heterocycles. The van der Waals surface area contributed by atoms with Gasteiger partial charge in [0.15, 0.2) is 0 Å². The van der Waals surface area contributed by atoms with E-state index in [2.05, 4.69) is 43.2 Å². The van der Waals surface area contributed by atoms with Crippen LogP contribution in [0, 0.1) is 0 Å². The minimum atomic E-state index is -0.0151. The van der Waals surface area contributed by atoms with Crippen LogP contribution in [0.15, 0.2) is 30.3 Å². The van der Waals surface area contributed by atoms with Gasteiger partial charge in [-0.2, -0.15) is 5.10 Å². The van der Waals surface area contributed by atoms with Gasteiger partial charge in [-0.1, -0.05) is 38.1 Å². The molecule has 0 amide bonds. The van der Waals surface area contributed by atoms with Crippen LogP contribution in [0.1, 0.15) is 37.4 Å². The van der Waals surface area contributed by atoms with E-state index in [1.54, 1.807) is 0 Å². The second-order valence-electron chi connectivity index (χ2n) is 4.73. The normalized spacial score (nSPS) is 12.7. The molecule has 0 radical (unpaired) electrons. The molecule has 1 atom stereocenters. The summed E-state index contributed by atoms with van der Waals surface area (Å²) in [5, 5.41) is 13.3. The Morgan fingerprint density at radius 3 is 2.44 bits per heavy atom. The molecule has 1 aromatic heterocycles. The molecule has 0 aliphatic carbocycles. The molecule has 0 bridgehead atoms.